The largest absolute Gasteiger partial charge is 0.395 e. The van der Waals surface area contributed by atoms with Crippen LogP contribution in [0.2, 0.25) is 0 Å². The second kappa shape index (κ2) is 7.17. The second-order valence-electron chi connectivity index (χ2n) is 5.08. The van der Waals surface area contributed by atoms with E-state index in [0.29, 0.717) is 18.4 Å². The molecule has 0 aromatic heterocycles. The topological polar surface area (TPSA) is 94.8 Å². The molecule has 5 nitrogen and oxygen atoms in total. The van der Waals surface area contributed by atoms with Gasteiger partial charge in [0.2, 0.25) is 0 Å². The monoisotopic (exact) mass is 314 g/mol. The van der Waals surface area contributed by atoms with Crippen molar-refractivity contribution in [3.63, 3.8) is 0 Å². The van der Waals surface area contributed by atoms with E-state index in [-0.39, 0.29) is 0 Å². The van der Waals surface area contributed by atoms with Crippen molar-refractivity contribution in [1.29, 1.82) is 0 Å². The number of aliphatic hydroxyl groups excluding tert-OH is 2. The fourth-order valence-corrected chi connectivity index (χ4v) is 3.75. The fourth-order valence-electron chi connectivity index (χ4n) is 2.36. The average Bonchev–Trinajstić information content (AvgIpc) is 2.38. The van der Waals surface area contributed by atoms with Crippen LogP contribution in [0.4, 0.5) is 0 Å². The first-order chi connectivity index (χ1) is 9.79. The minimum atomic E-state index is -3.67. The molecular weight excluding hydrogens is 292 g/mol. The van der Waals surface area contributed by atoms with Crippen molar-refractivity contribution in [3.8, 4) is 0 Å². The molecule has 1 aliphatic carbocycles. The summed E-state index contributed by atoms with van der Waals surface area (Å²) in [4.78, 5) is 0. The molecule has 0 fully saturated rings. The van der Waals surface area contributed by atoms with Gasteiger partial charge in [0.25, 0.3) is 0 Å². The van der Waals surface area contributed by atoms with E-state index in [4.69, 9.17) is 5.11 Å². The van der Waals surface area contributed by atoms with Gasteiger partial charge in [0.1, 0.15) is 11.7 Å². The zero-order valence-corrected chi connectivity index (χ0v) is 12.7. The molecular formula is C15H22O5S. The van der Waals surface area contributed by atoms with Gasteiger partial charge in [-0.1, -0.05) is 18.2 Å². The zero-order chi connectivity index (χ0) is 16.1. The molecule has 21 heavy (non-hydrogen) atoms. The predicted octanol–water partition coefficient (Wildman–Crippen LogP) is 0.504. The normalized spacial score (nSPS) is 26.0. The van der Waals surface area contributed by atoms with E-state index in [0.717, 1.165) is 5.57 Å². The van der Waals surface area contributed by atoms with E-state index < -0.39 is 39.7 Å². The molecule has 3 N–H and O–H groups in total. The molecule has 118 valence electrons. The van der Waals surface area contributed by atoms with Crippen molar-refractivity contribution >= 4 is 9.84 Å². The first kappa shape index (κ1) is 17.8. The Morgan fingerprint density at radius 3 is 2.43 bits per heavy atom. The maximum atomic E-state index is 11.8. The van der Waals surface area contributed by atoms with Crippen LogP contribution in [0, 0.1) is 0 Å². The summed E-state index contributed by atoms with van der Waals surface area (Å²) in [5.74, 6) is -1.09. The predicted molar refractivity (Wildman–Crippen MR) is 82.5 cm³/mol. The second-order valence-corrected chi connectivity index (χ2v) is 7.26. The van der Waals surface area contributed by atoms with Crippen LogP contribution in [0.15, 0.2) is 48.6 Å². The summed E-state index contributed by atoms with van der Waals surface area (Å²) in [5.41, 5.74) is -0.562. The van der Waals surface area contributed by atoms with Gasteiger partial charge >= 0.3 is 0 Å². The van der Waals surface area contributed by atoms with Crippen LogP contribution >= 0.6 is 0 Å². The summed E-state index contributed by atoms with van der Waals surface area (Å²) in [6, 6.07) is 0. The summed E-state index contributed by atoms with van der Waals surface area (Å²) in [6.07, 6.45) is 5.70. The lowest BCUT2D eigenvalue weighted by Crippen LogP contribution is -2.49. The molecule has 1 rings (SSSR count). The number of rotatable bonds is 8. The number of allylic oxidation sites excluding steroid dienone is 4. The summed E-state index contributed by atoms with van der Waals surface area (Å²) < 4.78 is 23.6. The van der Waals surface area contributed by atoms with Crippen molar-refractivity contribution in [2.45, 2.75) is 24.5 Å². The van der Waals surface area contributed by atoms with E-state index >= 15 is 0 Å². The first-order valence-electron chi connectivity index (χ1n) is 6.64. The molecule has 2 unspecified atom stereocenters. The number of aliphatic hydroxyl groups is 3. The molecule has 0 amide bonds. The maximum absolute atomic E-state index is 11.8. The Kier molecular flexibility index (Phi) is 6.10. The van der Waals surface area contributed by atoms with Gasteiger partial charge in [-0.15, -0.1) is 13.2 Å². The molecule has 2 atom stereocenters. The van der Waals surface area contributed by atoms with E-state index in [9.17, 15) is 18.6 Å². The molecule has 0 saturated carbocycles. The third-order valence-electron chi connectivity index (χ3n) is 3.37. The minimum Gasteiger partial charge on any atom is -0.395 e. The summed E-state index contributed by atoms with van der Waals surface area (Å²) in [6.45, 7) is 6.72. The zero-order valence-electron chi connectivity index (χ0n) is 11.9. The van der Waals surface area contributed by atoms with Crippen LogP contribution in [0.1, 0.15) is 12.8 Å². The lowest BCUT2D eigenvalue weighted by Gasteiger charge is -2.35. The van der Waals surface area contributed by atoms with Gasteiger partial charge in [-0.05, 0) is 30.1 Å². The van der Waals surface area contributed by atoms with E-state index in [1.165, 1.54) is 6.08 Å². The van der Waals surface area contributed by atoms with Crippen molar-refractivity contribution in [2.75, 3.05) is 18.1 Å². The van der Waals surface area contributed by atoms with Crippen LogP contribution in [-0.4, -0.2) is 53.6 Å². The molecule has 0 radical (unpaired) electrons. The highest BCUT2D eigenvalue weighted by molar-refractivity contribution is 7.91. The van der Waals surface area contributed by atoms with Gasteiger partial charge < -0.3 is 15.3 Å². The van der Waals surface area contributed by atoms with Gasteiger partial charge in [-0.25, -0.2) is 8.42 Å². The maximum Gasteiger partial charge on any atom is 0.155 e. The molecule has 0 aromatic carbocycles. The van der Waals surface area contributed by atoms with Crippen LogP contribution in [0.3, 0.4) is 0 Å². The Morgan fingerprint density at radius 1 is 1.29 bits per heavy atom. The van der Waals surface area contributed by atoms with Crippen molar-refractivity contribution < 1.29 is 23.7 Å². The SMILES string of the molecule is C=CCC1=C(CC=C)C(O)C(O)(CS(=O)(=O)CCO)C=C1. The van der Waals surface area contributed by atoms with Crippen LogP contribution in [0.5, 0.6) is 0 Å². The smallest absolute Gasteiger partial charge is 0.155 e. The highest BCUT2D eigenvalue weighted by Crippen LogP contribution is 2.32. The third kappa shape index (κ3) is 4.38. The van der Waals surface area contributed by atoms with Crippen LogP contribution < -0.4 is 0 Å². The van der Waals surface area contributed by atoms with E-state index in [1.807, 2.05) is 0 Å². The van der Waals surface area contributed by atoms with Gasteiger partial charge in [0.15, 0.2) is 9.84 Å². The Balaban J connectivity index is 3.11. The molecule has 0 aromatic rings. The molecule has 0 bridgehead atoms. The number of hydrogen-bond donors (Lipinski definition) is 3. The molecule has 6 heteroatoms. The summed E-state index contributed by atoms with van der Waals surface area (Å²) in [7, 11) is -3.67. The molecule has 0 spiro atoms. The average molecular weight is 314 g/mol. The minimum absolute atomic E-state index is 0.344. The van der Waals surface area contributed by atoms with Gasteiger partial charge in [-0.3, -0.25) is 0 Å². The van der Waals surface area contributed by atoms with Crippen LogP contribution in [-0.2, 0) is 9.84 Å². The molecule has 0 heterocycles. The standard InChI is InChI=1S/C15H22O5S/c1-3-5-12-7-8-15(18,11-21(19,20)10-9-16)14(17)13(12)6-4-2/h3-4,7-8,14,16-18H,1-2,5-6,9-11H2. The highest BCUT2D eigenvalue weighted by atomic mass is 32.2. The van der Waals surface area contributed by atoms with E-state index in [1.54, 1.807) is 18.2 Å². The Labute approximate surface area is 125 Å². The Morgan fingerprint density at radius 2 is 1.90 bits per heavy atom. The highest BCUT2D eigenvalue weighted by Gasteiger charge is 2.41. The lowest BCUT2D eigenvalue weighted by molar-refractivity contribution is -0.00637. The first-order valence-corrected chi connectivity index (χ1v) is 8.46. The van der Waals surface area contributed by atoms with E-state index in [2.05, 4.69) is 13.2 Å². The summed E-state index contributed by atoms with van der Waals surface area (Å²) >= 11 is 0. The Bertz CT molecular complexity index is 559. The van der Waals surface area contributed by atoms with Crippen LogP contribution in [0.25, 0.3) is 0 Å². The number of sulfone groups is 1. The van der Waals surface area contributed by atoms with Crippen molar-refractivity contribution in [3.05, 3.63) is 48.6 Å². The molecule has 0 aliphatic heterocycles. The van der Waals surface area contributed by atoms with Crippen molar-refractivity contribution in [2.24, 2.45) is 0 Å². The van der Waals surface area contributed by atoms with Gasteiger partial charge in [0, 0.05) is 0 Å². The summed E-state index contributed by atoms with van der Waals surface area (Å²) in [5, 5.41) is 29.6. The Hall–Kier alpha value is -1.21. The lowest BCUT2D eigenvalue weighted by atomic mass is 9.82. The molecule has 1 aliphatic rings. The third-order valence-corrected chi connectivity index (χ3v) is 5.08. The molecule has 0 saturated heterocycles. The van der Waals surface area contributed by atoms with Crippen molar-refractivity contribution in [1.82, 2.24) is 0 Å². The number of hydrogen-bond acceptors (Lipinski definition) is 5. The van der Waals surface area contributed by atoms with Gasteiger partial charge in [0.05, 0.1) is 18.1 Å². The quantitative estimate of drug-likeness (QED) is 0.567. The fraction of sp³-hybridized carbons (Fsp3) is 0.467. The van der Waals surface area contributed by atoms with Gasteiger partial charge in [-0.2, -0.15) is 0 Å².